The van der Waals surface area contributed by atoms with Gasteiger partial charge in [-0.15, -0.1) is 0 Å². The Labute approximate surface area is 213 Å². The fraction of sp³-hybridized carbons (Fsp3) is 0.192. The Morgan fingerprint density at radius 3 is 2.35 bits per heavy atom. The van der Waals surface area contributed by atoms with E-state index in [1.807, 2.05) is 18.2 Å². The largest absolute Gasteiger partial charge is 0.492 e. The molecule has 3 N–H and O–H groups in total. The summed E-state index contributed by atoms with van der Waals surface area (Å²) in [6.45, 7) is 4.88. The first-order chi connectivity index (χ1) is 16.3. The molecule has 0 atom stereocenters. The van der Waals surface area contributed by atoms with Gasteiger partial charge in [-0.25, -0.2) is 0 Å². The van der Waals surface area contributed by atoms with E-state index in [4.69, 9.17) is 17.0 Å². The highest BCUT2D eigenvalue weighted by Gasteiger charge is 2.15. The molecule has 0 bridgehead atoms. The number of anilines is 2. The van der Waals surface area contributed by atoms with Gasteiger partial charge in [-0.2, -0.15) is 0 Å². The van der Waals surface area contributed by atoms with Crippen LogP contribution in [0.4, 0.5) is 11.4 Å². The molecule has 0 aromatic heterocycles. The maximum absolute atomic E-state index is 12.7. The van der Waals surface area contributed by atoms with Crippen molar-refractivity contribution in [3.05, 3.63) is 88.4 Å². The van der Waals surface area contributed by atoms with Crippen molar-refractivity contribution >= 4 is 56.4 Å². The van der Waals surface area contributed by atoms with E-state index >= 15 is 0 Å². The minimum Gasteiger partial charge on any atom is -0.492 e. The van der Waals surface area contributed by atoms with Crippen LogP contribution in [0.15, 0.2) is 77.3 Å². The second-order valence-corrected chi connectivity index (χ2v) is 9.21. The minimum atomic E-state index is -0.377. The number of para-hydroxylation sites is 2. The average molecular weight is 540 g/mol. The number of hydrogen-bond acceptors (Lipinski definition) is 4. The number of nitrogens with one attached hydrogen (secondary N) is 3. The summed E-state index contributed by atoms with van der Waals surface area (Å²) in [6, 6.07) is 21.2. The van der Waals surface area contributed by atoms with Crippen LogP contribution in [0.1, 0.15) is 41.0 Å². The van der Waals surface area contributed by atoms with Crippen LogP contribution in [0, 0.1) is 5.92 Å². The van der Waals surface area contributed by atoms with E-state index in [0.717, 1.165) is 6.42 Å². The number of halogens is 1. The smallest absolute Gasteiger partial charge is 0.257 e. The number of carbonyl (C=O) groups excluding carboxylic acids is 2. The summed E-state index contributed by atoms with van der Waals surface area (Å²) in [5.41, 5.74) is 1.98. The van der Waals surface area contributed by atoms with Crippen molar-refractivity contribution in [3.63, 3.8) is 0 Å². The fourth-order valence-electron chi connectivity index (χ4n) is 3.00. The van der Waals surface area contributed by atoms with Gasteiger partial charge in [0, 0.05) is 11.3 Å². The average Bonchev–Trinajstić information content (AvgIpc) is 2.80. The zero-order valence-electron chi connectivity index (χ0n) is 18.9. The molecular formula is C26H26BrN3O3S. The SMILES string of the molecule is CC(C)CCOc1ccc(C(=O)NC(=S)Nc2ccccc2C(=O)Nc2ccccc2)cc1Br. The Kier molecular flexibility index (Phi) is 9.18. The fourth-order valence-corrected chi connectivity index (χ4v) is 3.70. The van der Waals surface area contributed by atoms with Gasteiger partial charge in [0.2, 0.25) is 0 Å². The number of carbonyl (C=O) groups is 2. The molecule has 0 radical (unpaired) electrons. The summed E-state index contributed by atoms with van der Waals surface area (Å²) in [6.07, 6.45) is 0.944. The van der Waals surface area contributed by atoms with Gasteiger partial charge >= 0.3 is 0 Å². The lowest BCUT2D eigenvalue weighted by molar-refractivity contribution is 0.0976. The van der Waals surface area contributed by atoms with Gasteiger partial charge in [0.25, 0.3) is 11.8 Å². The quantitative estimate of drug-likeness (QED) is 0.294. The summed E-state index contributed by atoms with van der Waals surface area (Å²) in [4.78, 5) is 25.4. The lowest BCUT2D eigenvalue weighted by atomic mass is 10.1. The first kappa shape index (κ1) is 25.4. The minimum absolute atomic E-state index is 0.0818. The molecule has 0 saturated carbocycles. The number of hydrogen-bond donors (Lipinski definition) is 3. The summed E-state index contributed by atoms with van der Waals surface area (Å²) in [7, 11) is 0. The van der Waals surface area contributed by atoms with Crippen LogP contribution in [0.5, 0.6) is 5.75 Å². The summed E-state index contributed by atoms with van der Waals surface area (Å²) in [5, 5.41) is 8.52. The Bertz CT molecular complexity index is 1170. The highest BCUT2D eigenvalue weighted by Crippen LogP contribution is 2.26. The molecule has 3 aromatic carbocycles. The number of thiocarbonyl (C=S) groups is 1. The molecule has 8 heteroatoms. The van der Waals surface area contributed by atoms with Crippen molar-refractivity contribution < 1.29 is 14.3 Å². The van der Waals surface area contributed by atoms with Crippen molar-refractivity contribution in [2.45, 2.75) is 20.3 Å². The highest BCUT2D eigenvalue weighted by molar-refractivity contribution is 9.10. The Balaban J connectivity index is 1.62. The second-order valence-electron chi connectivity index (χ2n) is 7.95. The molecule has 6 nitrogen and oxygen atoms in total. The molecule has 0 fully saturated rings. The molecule has 0 unspecified atom stereocenters. The van der Waals surface area contributed by atoms with Crippen LogP contribution in [-0.2, 0) is 0 Å². The van der Waals surface area contributed by atoms with E-state index < -0.39 is 0 Å². The number of ether oxygens (including phenoxy) is 1. The molecule has 0 spiro atoms. The first-order valence-corrected chi connectivity index (χ1v) is 12.0. The molecular weight excluding hydrogens is 514 g/mol. The maximum Gasteiger partial charge on any atom is 0.257 e. The molecule has 34 heavy (non-hydrogen) atoms. The van der Waals surface area contributed by atoms with Gasteiger partial charge in [0.15, 0.2) is 5.11 Å². The summed E-state index contributed by atoms with van der Waals surface area (Å²) < 4.78 is 6.45. The second kappa shape index (κ2) is 12.3. The first-order valence-electron chi connectivity index (χ1n) is 10.8. The molecule has 0 heterocycles. The summed E-state index contributed by atoms with van der Waals surface area (Å²) >= 11 is 8.77. The maximum atomic E-state index is 12.7. The van der Waals surface area contributed by atoms with Gasteiger partial charge < -0.3 is 15.4 Å². The van der Waals surface area contributed by atoms with E-state index in [-0.39, 0.29) is 16.9 Å². The lowest BCUT2D eigenvalue weighted by Gasteiger charge is -2.14. The predicted octanol–water partition coefficient (Wildman–Crippen LogP) is 6.25. The third-order valence-corrected chi connectivity index (χ3v) is 5.65. The molecule has 3 rings (SSSR count). The van der Waals surface area contributed by atoms with Crippen LogP contribution in [-0.4, -0.2) is 23.5 Å². The third kappa shape index (κ3) is 7.40. The van der Waals surface area contributed by atoms with E-state index in [9.17, 15) is 9.59 Å². The van der Waals surface area contributed by atoms with Crippen molar-refractivity contribution in [2.24, 2.45) is 5.92 Å². The Morgan fingerprint density at radius 2 is 1.65 bits per heavy atom. The molecule has 2 amide bonds. The van der Waals surface area contributed by atoms with Gasteiger partial charge in [0.05, 0.1) is 22.3 Å². The zero-order valence-corrected chi connectivity index (χ0v) is 21.3. The van der Waals surface area contributed by atoms with Crippen LogP contribution in [0.3, 0.4) is 0 Å². The van der Waals surface area contributed by atoms with Crippen LogP contribution >= 0.6 is 28.1 Å². The molecule has 3 aromatic rings. The van der Waals surface area contributed by atoms with Gasteiger partial charge in [-0.3, -0.25) is 14.9 Å². The Morgan fingerprint density at radius 1 is 0.941 bits per heavy atom. The normalized spacial score (nSPS) is 10.5. The summed E-state index contributed by atoms with van der Waals surface area (Å²) in [5.74, 6) is 0.557. The van der Waals surface area contributed by atoms with Gasteiger partial charge in [-0.05, 0) is 83.0 Å². The zero-order chi connectivity index (χ0) is 24.5. The van der Waals surface area contributed by atoms with Gasteiger partial charge in [-0.1, -0.05) is 44.2 Å². The highest BCUT2D eigenvalue weighted by atomic mass is 79.9. The molecule has 0 aliphatic heterocycles. The number of rotatable bonds is 8. The van der Waals surface area contributed by atoms with Crippen LogP contribution in [0.2, 0.25) is 0 Å². The molecule has 0 aliphatic carbocycles. The van der Waals surface area contributed by atoms with Crippen molar-refractivity contribution in [1.82, 2.24) is 5.32 Å². The van der Waals surface area contributed by atoms with E-state index in [2.05, 4.69) is 45.7 Å². The monoisotopic (exact) mass is 539 g/mol. The predicted molar refractivity (Wildman–Crippen MR) is 144 cm³/mol. The lowest BCUT2D eigenvalue weighted by Crippen LogP contribution is -2.34. The van der Waals surface area contributed by atoms with E-state index in [0.29, 0.717) is 45.2 Å². The standard InChI is InChI=1S/C26H26BrN3O3S/c1-17(2)14-15-33-23-13-12-18(16-21(23)27)24(31)30-26(34)29-22-11-7-6-10-20(22)25(32)28-19-8-4-3-5-9-19/h3-13,16-17H,14-15H2,1-2H3,(H,28,32)(H2,29,30,31,34). The van der Waals surface area contributed by atoms with Gasteiger partial charge in [0.1, 0.15) is 5.75 Å². The van der Waals surface area contributed by atoms with Crippen molar-refractivity contribution in [1.29, 1.82) is 0 Å². The van der Waals surface area contributed by atoms with E-state index in [1.165, 1.54) is 0 Å². The number of benzene rings is 3. The molecule has 0 saturated heterocycles. The molecule has 0 aliphatic rings. The Hall–Kier alpha value is -3.23. The van der Waals surface area contributed by atoms with Crippen molar-refractivity contribution in [2.75, 3.05) is 17.2 Å². The third-order valence-electron chi connectivity index (χ3n) is 4.83. The molecule has 176 valence electrons. The van der Waals surface area contributed by atoms with Crippen LogP contribution in [0.25, 0.3) is 0 Å². The van der Waals surface area contributed by atoms with Crippen molar-refractivity contribution in [3.8, 4) is 5.75 Å². The van der Waals surface area contributed by atoms with E-state index in [1.54, 1.807) is 54.6 Å². The van der Waals surface area contributed by atoms with Crippen LogP contribution < -0.4 is 20.7 Å². The topological polar surface area (TPSA) is 79.5 Å². The number of amides is 2.